The van der Waals surface area contributed by atoms with E-state index in [1.807, 2.05) is 36.3 Å². The zero-order valence-corrected chi connectivity index (χ0v) is 20.9. The number of hydrogen-bond donors (Lipinski definition) is 3. The van der Waals surface area contributed by atoms with Crippen molar-refractivity contribution in [2.75, 3.05) is 29.5 Å². The first-order chi connectivity index (χ1) is 18.3. The van der Waals surface area contributed by atoms with Crippen LogP contribution in [0.5, 0.6) is 0 Å². The van der Waals surface area contributed by atoms with Crippen LogP contribution in [-0.2, 0) is 19.1 Å². The molecule has 4 aromatic heterocycles. The van der Waals surface area contributed by atoms with Crippen LogP contribution in [0.2, 0.25) is 0 Å². The molecular weight excluding hydrogens is 485 g/mol. The number of halogens is 1. The van der Waals surface area contributed by atoms with Crippen LogP contribution in [0.1, 0.15) is 24.0 Å². The lowest BCUT2D eigenvalue weighted by Gasteiger charge is -2.41. The second-order valence-corrected chi connectivity index (χ2v) is 9.82. The van der Waals surface area contributed by atoms with Gasteiger partial charge in [-0.15, -0.1) is 0 Å². The molecule has 5 heterocycles. The van der Waals surface area contributed by atoms with E-state index in [0.717, 1.165) is 36.2 Å². The number of fused-ring (bicyclic) bond motifs is 1. The predicted octanol–water partition coefficient (Wildman–Crippen LogP) is 2.43. The third kappa shape index (κ3) is 4.18. The van der Waals surface area contributed by atoms with Gasteiger partial charge in [0, 0.05) is 37.5 Å². The standard InChI is InChI=1S/C26H28FN11/c1-36-12-18(9-35-36)26(30)5-2-6-37(13-26)22-10-31-21(16-3-4-20(28)19(27)7-16)8-17(22)11-38-15-34-23-24(29)32-14-33-25(23)38/h3-4,7-10,12,14-15H,2,5-6,11,13,28,30H2,1H3,(H2,29,32,33)/t26-/m1/s1. The van der Waals surface area contributed by atoms with E-state index in [0.29, 0.717) is 41.3 Å². The van der Waals surface area contributed by atoms with Crippen molar-refractivity contribution in [3.8, 4) is 11.3 Å². The zero-order chi connectivity index (χ0) is 26.4. The van der Waals surface area contributed by atoms with E-state index in [2.05, 4.69) is 25.0 Å². The Bertz CT molecular complexity index is 1640. The molecule has 1 saturated heterocycles. The normalized spacial score (nSPS) is 17.8. The first kappa shape index (κ1) is 23.8. The lowest BCUT2D eigenvalue weighted by Crippen LogP contribution is -2.52. The van der Waals surface area contributed by atoms with Crippen LogP contribution in [0.3, 0.4) is 0 Å². The molecule has 194 valence electrons. The van der Waals surface area contributed by atoms with Gasteiger partial charge in [-0.05, 0) is 36.6 Å². The maximum Gasteiger partial charge on any atom is 0.165 e. The number of aromatic nitrogens is 7. The molecule has 1 atom stereocenters. The summed E-state index contributed by atoms with van der Waals surface area (Å²) in [5.41, 5.74) is 23.5. The number of benzene rings is 1. The average Bonchev–Trinajstić information content (AvgIpc) is 3.53. The molecule has 6 N–H and O–H groups in total. The molecule has 0 saturated carbocycles. The summed E-state index contributed by atoms with van der Waals surface area (Å²) in [6.45, 7) is 1.86. The third-order valence-electron chi connectivity index (χ3n) is 7.18. The van der Waals surface area contributed by atoms with Gasteiger partial charge in [-0.3, -0.25) is 9.67 Å². The number of imidazole rings is 1. The minimum atomic E-state index is -0.550. The smallest absolute Gasteiger partial charge is 0.165 e. The summed E-state index contributed by atoms with van der Waals surface area (Å²) in [6.07, 6.45) is 10.5. The monoisotopic (exact) mass is 513 g/mol. The van der Waals surface area contributed by atoms with E-state index in [1.165, 1.54) is 12.4 Å². The Hall–Kier alpha value is -4.58. The summed E-state index contributed by atoms with van der Waals surface area (Å²) >= 11 is 0. The van der Waals surface area contributed by atoms with Gasteiger partial charge in [-0.2, -0.15) is 5.10 Å². The minimum absolute atomic E-state index is 0.0933. The fraction of sp³-hybridized carbons (Fsp3) is 0.269. The average molecular weight is 514 g/mol. The quantitative estimate of drug-likeness (QED) is 0.300. The SMILES string of the molecule is Cn1cc([C@@]2(N)CCCN(c3cnc(-c4ccc(N)c(F)c4)cc3Cn3cnc4c(N)ncnc43)C2)cn1. The topological polar surface area (TPSA) is 156 Å². The Balaban J connectivity index is 1.42. The molecule has 11 nitrogen and oxygen atoms in total. The molecule has 0 radical (unpaired) electrons. The largest absolute Gasteiger partial charge is 0.396 e. The van der Waals surface area contributed by atoms with E-state index in [-0.39, 0.29) is 5.69 Å². The van der Waals surface area contributed by atoms with E-state index in [9.17, 15) is 4.39 Å². The number of pyridine rings is 1. The number of nitrogens with zero attached hydrogens (tertiary/aromatic N) is 8. The van der Waals surface area contributed by atoms with Crippen LogP contribution in [0.25, 0.3) is 22.4 Å². The van der Waals surface area contributed by atoms with Crippen molar-refractivity contribution < 1.29 is 4.39 Å². The van der Waals surface area contributed by atoms with E-state index in [1.54, 1.807) is 23.1 Å². The Labute approximate surface area is 218 Å². The van der Waals surface area contributed by atoms with Crippen molar-refractivity contribution in [2.24, 2.45) is 12.8 Å². The highest BCUT2D eigenvalue weighted by Gasteiger charge is 2.35. The van der Waals surface area contributed by atoms with Gasteiger partial charge in [0.1, 0.15) is 17.7 Å². The van der Waals surface area contributed by atoms with Crippen molar-refractivity contribution in [2.45, 2.75) is 24.9 Å². The molecule has 1 fully saturated rings. The van der Waals surface area contributed by atoms with Crippen molar-refractivity contribution in [3.05, 3.63) is 72.5 Å². The molecule has 38 heavy (non-hydrogen) atoms. The summed E-state index contributed by atoms with van der Waals surface area (Å²) in [7, 11) is 1.89. The lowest BCUT2D eigenvalue weighted by atomic mass is 9.84. The van der Waals surface area contributed by atoms with Gasteiger partial charge in [-0.1, -0.05) is 6.07 Å². The molecule has 1 aliphatic heterocycles. The highest BCUT2D eigenvalue weighted by Crippen LogP contribution is 2.35. The molecule has 1 aliphatic rings. The highest BCUT2D eigenvalue weighted by atomic mass is 19.1. The predicted molar refractivity (Wildman–Crippen MR) is 143 cm³/mol. The number of anilines is 3. The first-order valence-corrected chi connectivity index (χ1v) is 12.3. The fourth-order valence-electron chi connectivity index (χ4n) is 5.15. The van der Waals surface area contributed by atoms with Gasteiger partial charge in [0.05, 0.1) is 47.9 Å². The molecule has 0 unspecified atom stereocenters. The number of nitrogen functional groups attached to an aromatic ring is 2. The Morgan fingerprint density at radius 3 is 2.74 bits per heavy atom. The van der Waals surface area contributed by atoms with E-state index < -0.39 is 11.4 Å². The third-order valence-corrected chi connectivity index (χ3v) is 7.18. The Morgan fingerprint density at radius 2 is 1.95 bits per heavy atom. The van der Waals surface area contributed by atoms with Crippen LogP contribution < -0.4 is 22.1 Å². The van der Waals surface area contributed by atoms with Crippen molar-refractivity contribution >= 4 is 28.4 Å². The van der Waals surface area contributed by atoms with Crippen LogP contribution in [0, 0.1) is 5.82 Å². The second kappa shape index (κ2) is 9.06. The first-order valence-electron chi connectivity index (χ1n) is 12.3. The Morgan fingerprint density at radius 1 is 1.08 bits per heavy atom. The summed E-state index contributed by atoms with van der Waals surface area (Å²) in [5, 5.41) is 4.33. The fourth-order valence-corrected chi connectivity index (χ4v) is 5.15. The number of rotatable bonds is 5. The van der Waals surface area contributed by atoms with Crippen LogP contribution >= 0.6 is 0 Å². The van der Waals surface area contributed by atoms with Crippen LogP contribution in [-0.4, -0.2) is 47.4 Å². The van der Waals surface area contributed by atoms with Crippen molar-refractivity contribution in [1.29, 1.82) is 0 Å². The van der Waals surface area contributed by atoms with E-state index in [4.69, 9.17) is 22.2 Å². The molecular formula is C26H28FN11. The summed E-state index contributed by atoms with van der Waals surface area (Å²) in [4.78, 5) is 19.8. The molecule has 0 amide bonds. The molecule has 0 spiro atoms. The summed E-state index contributed by atoms with van der Waals surface area (Å²) in [6, 6.07) is 6.67. The maximum atomic E-state index is 14.3. The molecule has 6 rings (SSSR count). The molecule has 12 heteroatoms. The molecule has 5 aromatic rings. The highest BCUT2D eigenvalue weighted by molar-refractivity contribution is 5.81. The van der Waals surface area contributed by atoms with Gasteiger partial charge in [0.15, 0.2) is 11.5 Å². The summed E-state index contributed by atoms with van der Waals surface area (Å²) in [5.74, 6) is -0.162. The molecule has 0 aliphatic carbocycles. The van der Waals surface area contributed by atoms with Gasteiger partial charge in [-0.25, -0.2) is 19.3 Å². The van der Waals surface area contributed by atoms with Gasteiger partial charge >= 0.3 is 0 Å². The number of hydrogen-bond acceptors (Lipinski definition) is 9. The van der Waals surface area contributed by atoms with Crippen LogP contribution in [0.4, 0.5) is 21.6 Å². The molecule has 1 aromatic carbocycles. The second-order valence-electron chi connectivity index (χ2n) is 9.82. The number of nitrogens with two attached hydrogens (primary N) is 3. The van der Waals surface area contributed by atoms with Crippen LogP contribution in [0.15, 0.2) is 55.5 Å². The van der Waals surface area contributed by atoms with E-state index >= 15 is 0 Å². The summed E-state index contributed by atoms with van der Waals surface area (Å²) < 4.78 is 18.0. The maximum absolute atomic E-state index is 14.3. The van der Waals surface area contributed by atoms with Crippen molar-refractivity contribution in [3.63, 3.8) is 0 Å². The Kier molecular flexibility index (Phi) is 5.68. The van der Waals surface area contributed by atoms with Crippen molar-refractivity contribution in [1.82, 2.24) is 34.3 Å². The zero-order valence-electron chi connectivity index (χ0n) is 20.9. The number of piperidine rings is 1. The molecule has 0 bridgehead atoms. The lowest BCUT2D eigenvalue weighted by molar-refractivity contribution is 0.353. The number of aryl methyl sites for hydroxylation is 1. The van der Waals surface area contributed by atoms with Gasteiger partial charge in [0.2, 0.25) is 0 Å². The van der Waals surface area contributed by atoms with Gasteiger partial charge in [0.25, 0.3) is 0 Å². The minimum Gasteiger partial charge on any atom is -0.396 e. The van der Waals surface area contributed by atoms with Gasteiger partial charge < -0.3 is 26.7 Å².